The highest BCUT2D eigenvalue weighted by Gasteiger charge is 2.13. The Morgan fingerprint density at radius 2 is 2.14 bits per heavy atom. The Bertz CT molecular complexity index is 771. The van der Waals surface area contributed by atoms with Crippen molar-refractivity contribution in [2.75, 3.05) is 5.73 Å². The van der Waals surface area contributed by atoms with Crippen molar-refractivity contribution in [1.29, 1.82) is 0 Å². The van der Waals surface area contributed by atoms with Gasteiger partial charge in [0.2, 0.25) is 5.95 Å². The summed E-state index contributed by atoms with van der Waals surface area (Å²) in [5, 5.41) is 12.9. The van der Waals surface area contributed by atoms with Gasteiger partial charge >= 0.3 is 0 Å². The quantitative estimate of drug-likeness (QED) is 0.737. The van der Waals surface area contributed by atoms with Crippen molar-refractivity contribution in [3.63, 3.8) is 0 Å². The summed E-state index contributed by atoms with van der Waals surface area (Å²) in [4.78, 5) is 4.32. The molecule has 0 saturated carbocycles. The molecule has 0 spiro atoms. The van der Waals surface area contributed by atoms with Gasteiger partial charge in [-0.05, 0) is 12.1 Å². The molecule has 0 saturated heterocycles. The maximum Gasteiger partial charge on any atom is 0.259 e. The van der Waals surface area contributed by atoms with Crippen LogP contribution in [0.25, 0.3) is 11.5 Å². The van der Waals surface area contributed by atoms with E-state index in [1.165, 1.54) is 11.8 Å². The number of nitrogens with two attached hydrogens (primary N) is 1. The monoisotopic (exact) mass is 322 g/mol. The molecule has 3 aromatic rings. The Hall–Kier alpha value is -2.06. The molecule has 2 N–H and O–H groups in total. The summed E-state index contributed by atoms with van der Waals surface area (Å²) >= 11 is 7.52. The van der Waals surface area contributed by atoms with E-state index < -0.39 is 0 Å². The first-order valence-electron chi connectivity index (χ1n) is 6.00. The van der Waals surface area contributed by atoms with Crippen LogP contribution in [0.3, 0.4) is 0 Å². The van der Waals surface area contributed by atoms with Crippen molar-refractivity contribution in [3.8, 4) is 11.5 Å². The van der Waals surface area contributed by atoms with Crippen LogP contribution >= 0.6 is 23.4 Å². The second-order valence-electron chi connectivity index (χ2n) is 4.18. The van der Waals surface area contributed by atoms with Crippen LogP contribution < -0.4 is 5.73 Å². The fourth-order valence-corrected chi connectivity index (χ4v) is 2.62. The van der Waals surface area contributed by atoms with E-state index in [0.29, 0.717) is 39.2 Å². The number of benzene rings is 1. The van der Waals surface area contributed by atoms with Crippen LogP contribution in [0.15, 0.2) is 33.9 Å². The van der Waals surface area contributed by atoms with Gasteiger partial charge in [-0.25, -0.2) is 0 Å². The van der Waals surface area contributed by atoms with Crippen LogP contribution in [0, 0.1) is 0 Å². The van der Waals surface area contributed by atoms with Crippen molar-refractivity contribution >= 4 is 29.3 Å². The third-order valence-corrected chi connectivity index (χ3v) is 4.12. The third kappa shape index (κ3) is 2.86. The Balaban J connectivity index is 1.74. The summed E-state index contributed by atoms with van der Waals surface area (Å²) in [6.07, 6.45) is 0. The van der Waals surface area contributed by atoms with Gasteiger partial charge in [-0.15, -0.1) is 10.2 Å². The molecule has 9 heteroatoms. The smallest absolute Gasteiger partial charge is 0.259 e. The fourth-order valence-electron chi connectivity index (χ4n) is 1.64. The second-order valence-corrected chi connectivity index (χ2v) is 5.53. The van der Waals surface area contributed by atoms with Gasteiger partial charge in [0.05, 0.1) is 16.3 Å². The molecule has 0 aliphatic heterocycles. The number of anilines is 1. The van der Waals surface area contributed by atoms with Crippen LogP contribution in [0.4, 0.5) is 5.95 Å². The van der Waals surface area contributed by atoms with Gasteiger partial charge in [-0.3, -0.25) is 4.57 Å². The topological polar surface area (TPSA) is 95.7 Å². The van der Waals surface area contributed by atoms with Crippen LogP contribution in [0.2, 0.25) is 5.02 Å². The van der Waals surface area contributed by atoms with E-state index in [4.69, 9.17) is 21.9 Å². The van der Waals surface area contributed by atoms with E-state index in [2.05, 4.69) is 20.3 Å². The van der Waals surface area contributed by atoms with E-state index in [-0.39, 0.29) is 0 Å². The minimum Gasteiger partial charge on any atom is -0.368 e. The maximum absolute atomic E-state index is 6.10. The summed E-state index contributed by atoms with van der Waals surface area (Å²) in [5.41, 5.74) is 6.33. The van der Waals surface area contributed by atoms with Crippen molar-refractivity contribution in [2.45, 2.75) is 10.9 Å². The molecule has 0 bridgehead atoms. The molecule has 0 amide bonds. The molecule has 3 rings (SSSR count). The number of nitrogen functional groups attached to an aromatic ring is 1. The molecule has 2 heterocycles. The van der Waals surface area contributed by atoms with Gasteiger partial charge < -0.3 is 10.3 Å². The lowest BCUT2D eigenvalue weighted by Gasteiger charge is -1.98. The average Bonchev–Trinajstić information content (AvgIpc) is 3.06. The SMILES string of the molecule is Cn1c(N)nnc1SCc1noc(-c2ccccc2Cl)n1. The molecule has 7 nitrogen and oxygen atoms in total. The molecule has 0 radical (unpaired) electrons. The van der Waals surface area contributed by atoms with E-state index in [9.17, 15) is 0 Å². The van der Waals surface area contributed by atoms with Crippen LogP contribution in [0.1, 0.15) is 5.82 Å². The largest absolute Gasteiger partial charge is 0.368 e. The molecule has 108 valence electrons. The summed E-state index contributed by atoms with van der Waals surface area (Å²) in [6, 6.07) is 7.31. The highest BCUT2D eigenvalue weighted by atomic mass is 35.5. The molecule has 0 aliphatic carbocycles. The van der Waals surface area contributed by atoms with Crippen LogP contribution in [-0.4, -0.2) is 24.9 Å². The number of hydrogen-bond acceptors (Lipinski definition) is 7. The summed E-state index contributed by atoms with van der Waals surface area (Å²) in [7, 11) is 1.79. The predicted octanol–water partition coefficient (Wildman–Crippen LogP) is 2.39. The third-order valence-electron chi connectivity index (χ3n) is 2.77. The Morgan fingerprint density at radius 3 is 2.86 bits per heavy atom. The van der Waals surface area contributed by atoms with Crippen LogP contribution in [0.5, 0.6) is 0 Å². The molecule has 0 fully saturated rings. The number of nitrogens with zero attached hydrogens (tertiary/aromatic N) is 5. The molecule has 2 aromatic heterocycles. The lowest BCUT2D eigenvalue weighted by Crippen LogP contribution is -1.98. The molecule has 0 atom stereocenters. The minimum atomic E-state index is 0.363. The van der Waals surface area contributed by atoms with Gasteiger partial charge in [-0.1, -0.05) is 40.7 Å². The van der Waals surface area contributed by atoms with E-state index >= 15 is 0 Å². The normalized spacial score (nSPS) is 11.0. The van der Waals surface area contributed by atoms with E-state index in [1.807, 2.05) is 18.2 Å². The first-order valence-corrected chi connectivity index (χ1v) is 7.36. The van der Waals surface area contributed by atoms with Crippen molar-refractivity contribution in [1.82, 2.24) is 24.9 Å². The van der Waals surface area contributed by atoms with E-state index in [1.54, 1.807) is 17.7 Å². The van der Waals surface area contributed by atoms with Gasteiger partial charge in [0.15, 0.2) is 11.0 Å². The fraction of sp³-hybridized carbons (Fsp3) is 0.167. The number of aromatic nitrogens is 5. The van der Waals surface area contributed by atoms with Gasteiger partial charge in [0.25, 0.3) is 5.89 Å². The number of thioether (sulfide) groups is 1. The first-order chi connectivity index (χ1) is 10.1. The molecule has 0 aliphatic rings. The molecule has 1 aromatic carbocycles. The Kier molecular flexibility index (Phi) is 3.80. The summed E-state index contributed by atoms with van der Waals surface area (Å²) in [6.45, 7) is 0. The Labute approximate surface area is 129 Å². The predicted molar refractivity (Wildman–Crippen MR) is 79.7 cm³/mol. The number of rotatable bonds is 4. The summed E-state index contributed by atoms with van der Waals surface area (Å²) in [5.74, 6) is 1.81. The van der Waals surface area contributed by atoms with Crippen molar-refractivity contribution in [2.24, 2.45) is 7.05 Å². The molecule has 0 unspecified atom stereocenters. The first kappa shape index (κ1) is 13.9. The molecular formula is C12H11ClN6OS. The average molecular weight is 323 g/mol. The van der Waals surface area contributed by atoms with Gasteiger partial charge in [0.1, 0.15) is 0 Å². The van der Waals surface area contributed by atoms with Crippen LogP contribution in [-0.2, 0) is 12.8 Å². The zero-order valence-electron chi connectivity index (χ0n) is 11.0. The minimum absolute atomic E-state index is 0.363. The molecular weight excluding hydrogens is 312 g/mol. The van der Waals surface area contributed by atoms with Crippen molar-refractivity contribution in [3.05, 3.63) is 35.1 Å². The standard InChI is InChI=1S/C12H11ClN6OS/c1-19-11(14)16-17-12(19)21-6-9-15-10(20-18-9)7-4-2-3-5-8(7)13/h2-5H,6H2,1H3,(H2,14,16). The number of halogens is 1. The lowest BCUT2D eigenvalue weighted by atomic mass is 10.2. The molecule has 21 heavy (non-hydrogen) atoms. The summed E-state index contributed by atoms with van der Waals surface area (Å²) < 4.78 is 6.92. The second kappa shape index (κ2) is 5.74. The highest BCUT2D eigenvalue weighted by Crippen LogP contribution is 2.27. The maximum atomic E-state index is 6.10. The number of hydrogen-bond donors (Lipinski definition) is 1. The zero-order valence-corrected chi connectivity index (χ0v) is 12.6. The van der Waals surface area contributed by atoms with Crippen molar-refractivity contribution < 1.29 is 4.52 Å². The van der Waals surface area contributed by atoms with Gasteiger partial charge in [-0.2, -0.15) is 4.98 Å². The zero-order chi connectivity index (χ0) is 14.8. The van der Waals surface area contributed by atoms with E-state index in [0.717, 1.165) is 0 Å². The van der Waals surface area contributed by atoms with Gasteiger partial charge in [0, 0.05) is 7.05 Å². The Morgan fingerprint density at radius 1 is 1.33 bits per heavy atom. The lowest BCUT2D eigenvalue weighted by molar-refractivity contribution is 0.425. The highest BCUT2D eigenvalue weighted by molar-refractivity contribution is 7.98.